The Kier molecular flexibility index (Phi) is 5.53. The molecular weight excluding hydrogens is 402 g/mol. The fraction of sp³-hybridized carbons (Fsp3) is 0.261. The van der Waals surface area contributed by atoms with E-state index in [-0.39, 0.29) is 19.0 Å². The Morgan fingerprint density at radius 2 is 2.10 bits per heavy atom. The second kappa shape index (κ2) is 8.28. The standard InChI is InChI=1S/C23H20F2N4O2/c1-14(30)23(31)28-8-7-21-19(13-28)22(16-4-2-3-15(9-16)11-26)27-29(21)12-17-5-6-18(24)10-20(17)25/h2-6,9-10,14,30H,7-8,12-13H2,1H3. The highest BCUT2D eigenvalue weighted by molar-refractivity contribution is 5.81. The lowest BCUT2D eigenvalue weighted by Crippen LogP contribution is -2.41. The Hall–Kier alpha value is -3.57. The Bertz CT molecular complexity index is 1200. The number of halogens is 2. The second-order valence-corrected chi connectivity index (χ2v) is 7.55. The maximum absolute atomic E-state index is 14.3. The van der Waals surface area contributed by atoms with Gasteiger partial charge in [-0.2, -0.15) is 10.4 Å². The summed E-state index contributed by atoms with van der Waals surface area (Å²) in [7, 11) is 0. The molecule has 2 heterocycles. The van der Waals surface area contributed by atoms with Crippen molar-refractivity contribution in [1.82, 2.24) is 14.7 Å². The predicted molar refractivity (Wildman–Crippen MR) is 109 cm³/mol. The molecule has 1 unspecified atom stereocenters. The van der Waals surface area contributed by atoms with E-state index in [2.05, 4.69) is 11.2 Å². The van der Waals surface area contributed by atoms with Crippen LogP contribution in [0.2, 0.25) is 0 Å². The van der Waals surface area contributed by atoms with Gasteiger partial charge in [-0.1, -0.05) is 18.2 Å². The molecule has 8 heteroatoms. The number of aromatic nitrogens is 2. The molecule has 1 aliphatic rings. The van der Waals surface area contributed by atoms with Crippen LogP contribution >= 0.6 is 0 Å². The van der Waals surface area contributed by atoms with Gasteiger partial charge in [0.05, 0.1) is 23.9 Å². The third-order valence-electron chi connectivity index (χ3n) is 5.40. The molecule has 0 saturated carbocycles. The molecule has 0 aliphatic carbocycles. The van der Waals surface area contributed by atoms with Gasteiger partial charge < -0.3 is 10.0 Å². The molecule has 1 amide bonds. The first kappa shape index (κ1) is 20.7. The van der Waals surface area contributed by atoms with Gasteiger partial charge in [0.15, 0.2) is 0 Å². The lowest BCUT2D eigenvalue weighted by Gasteiger charge is -2.29. The van der Waals surface area contributed by atoms with Crippen LogP contribution in [-0.2, 0) is 24.3 Å². The van der Waals surface area contributed by atoms with E-state index in [0.717, 1.165) is 17.3 Å². The minimum absolute atomic E-state index is 0.108. The average Bonchev–Trinajstić information content (AvgIpc) is 3.12. The summed E-state index contributed by atoms with van der Waals surface area (Å²) >= 11 is 0. The smallest absolute Gasteiger partial charge is 0.251 e. The van der Waals surface area contributed by atoms with Gasteiger partial charge in [-0.25, -0.2) is 8.78 Å². The van der Waals surface area contributed by atoms with Gasteiger partial charge in [-0.05, 0) is 25.1 Å². The van der Waals surface area contributed by atoms with Crippen LogP contribution in [0.25, 0.3) is 11.3 Å². The maximum Gasteiger partial charge on any atom is 0.251 e. The molecule has 4 rings (SSSR count). The molecule has 1 aliphatic heterocycles. The molecule has 6 nitrogen and oxygen atoms in total. The van der Waals surface area contributed by atoms with Crippen molar-refractivity contribution in [3.8, 4) is 17.3 Å². The van der Waals surface area contributed by atoms with E-state index in [1.807, 2.05) is 6.07 Å². The van der Waals surface area contributed by atoms with E-state index in [4.69, 9.17) is 0 Å². The Balaban J connectivity index is 1.79. The third kappa shape index (κ3) is 4.05. The molecule has 158 valence electrons. The molecule has 0 radical (unpaired) electrons. The number of aliphatic hydroxyl groups is 1. The van der Waals surface area contributed by atoms with Crippen molar-refractivity contribution >= 4 is 5.91 Å². The summed E-state index contributed by atoms with van der Waals surface area (Å²) in [4.78, 5) is 13.9. The molecule has 2 aromatic carbocycles. The molecule has 0 saturated heterocycles. The fourth-order valence-corrected chi connectivity index (χ4v) is 3.85. The number of nitriles is 1. The number of amides is 1. The molecule has 0 spiro atoms. The van der Waals surface area contributed by atoms with E-state index in [1.54, 1.807) is 27.8 Å². The van der Waals surface area contributed by atoms with Crippen molar-refractivity contribution in [2.24, 2.45) is 0 Å². The first-order valence-corrected chi connectivity index (χ1v) is 9.87. The molecule has 0 bridgehead atoms. The van der Waals surface area contributed by atoms with E-state index in [1.165, 1.54) is 19.1 Å². The van der Waals surface area contributed by atoms with Crippen LogP contribution < -0.4 is 0 Å². The van der Waals surface area contributed by atoms with Crippen LogP contribution in [0.5, 0.6) is 0 Å². The first-order chi connectivity index (χ1) is 14.9. The zero-order valence-corrected chi connectivity index (χ0v) is 16.8. The van der Waals surface area contributed by atoms with Crippen LogP contribution in [0.1, 0.15) is 29.3 Å². The van der Waals surface area contributed by atoms with E-state index in [9.17, 15) is 23.9 Å². The minimum Gasteiger partial charge on any atom is -0.384 e. The molecule has 1 atom stereocenters. The van der Waals surface area contributed by atoms with Crippen molar-refractivity contribution in [2.45, 2.75) is 32.5 Å². The monoisotopic (exact) mass is 422 g/mol. The van der Waals surface area contributed by atoms with Crippen molar-refractivity contribution < 1.29 is 18.7 Å². The third-order valence-corrected chi connectivity index (χ3v) is 5.40. The summed E-state index contributed by atoms with van der Waals surface area (Å²) in [6.45, 7) is 2.18. The Morgan fingerprint density at radius 3 is 2.81 bits per heavy atom. The minimum atomic E-state index is -1.12. The van der Waals surface area contributed by atoms with Crippen molar-refractivity contribution in [1.29, 1.82) is 5.26 Å². The van der Waals surface area contributed by atoms with Crippen molar-refractivity contribution in [3.05, 3.63) is 76.5 Å². The number of rotatable bonds is 4. The van der Waals surface area contributed by atoms with Crippen LogP contribution in [0.3, 0.4) is 0 Å². The van der Waals surface area contributed by atoms with Crippen molar-refractivity contribution in [2.75, 3.05) is 6.54 Å². The van der Waals surface area contributed by atoms with Crippen LogP contribution in [-0.4, -0.2) is 38.3 Å². The van der Waals surface area contributed by atoms with Gasteiger partial charge in [0.1, 0.15) is 17.7 Å². The van der Waals surface area contributed by atoms with Crippen molar-refractivity contribution in [3.63, 3.8) is 0 Å². The zero-order chi connectivity index (χ0) is 22.1. The van der Waals surface area contributed by atoms with Gasteiger partial charge in [-0.3, -0.25) is 9.48 Å². The first-order valence-electron chi connectivity index (χ1n) is 9.87. The summed E-state index contributed by atoms with van der Waals surface area (Å²) in [5.41, 5.74) is 3.70. The lowest BCUT2D eigenvalue weighted by atomic mass is 9.99. The number of hydrogen-bond donors (Lipinski definition) is 1. The summed E-state index contributed by atoms with van der Waals surface area (Å²) in [5.74, 6) is -1.68. The highest BCUT2D eigenvalue weighted by Gasteiger charge is 2.29. The molecular formula is C23H20F2N4O2. The average molecular weight is 422 g/mol. The summed E-state index contributed by atoms with van der Waals surface area (Å²) in [5, 5.41) is 23.6. The molecule has 0 fully saturated rings. The Morgan fingerprint density at radius 1 is 1.29 bits per heavy atom. The number of aliphatic hydroxyl groups excluding tert-OH is 1. The normalized spacial score (nSPS) is 14.1. The summed E-state index contributed by atoms with van der Waals surface area (Å²) in [6, 6.07) is 12.5. The van der Waals surface area contributed by atoms with Gasteiger partial charge in [0, 0.05) is 48.0 Å². The number of hydrogen-bond acceptors (Lipinski definition) is 4. The van der Waals surface area contributed by atoms with Crippen LogP contribution in [0, 0.1) is 23.0 Å². The molecule has 1 N–H and O–H groups in total. The zero-order valence-electron chi connectivity index (χ0n) is 16.8. The summed E-state index contributed by atoms with van der Waals surface area (Å²) < 4.78 is 29.2. The van der Waals surface area contributed by atoms with E-state index in [0.29, 0.717) is 35.3 Å². The van der Waals surface area contributed by atoms with Gasteiger partial charge in [0.25, 0.3) is 5.91 Å². The quantitative estimate of drug-likeness (QED) is 0.701. The summed E-state index contributed by atoms with van der Waals surface area (Å²) in [6.07, 6.45) is -0.642. The SMILES string of the molecule is CC(O)C(=O)N1CCc2c(c(-c3cccc(C#N)c3)nn2Cc2ccc(F)cc2F)C1. The number of nitrogens with zero attached hydrogens (tertiary/aromatic N) is 4. The van der Waals surface area contributed by atoms with Gasteiger partial charge >= 0.3 is 0 Å². The fourth-order valence-electron chi connectivity index (χ4n) is 3.85. The van der Waals surface area contributed by atoms with E-state index >= 15 is 0 Å². The molecule has 3 aromatic rings. The predicted octanol–water partition coefficient (Wildman–Crippen LogP) is 3.01. The maximum atomic E-state index is 14.3. The Labute approximate surface area is 178 Å². The molecule has 1 aromatic heterocycles. The van der Waals surface area contributed by atoms with Crippen LogP contribution in [0.15, 0.2) is 42.5 Å². The van der Waals surface area contributed by atoms with Gasteiger partial charge in [-0.15, -0.1) is 0 Å². The number of fused-ring (bicyclic) bond motifs is 1. The van der Waals surface area contributed by atoms with Gasteiger partial charge in [0.2, 0.25) is 0 Å². The number of benzene rings is 2. The lowest BCUT2D eigenvalue weighted by molar-refractivity contribution is -0.140. The largest absolute Gasteiger partial charge is 0.384 e. The molecule has 31 heavy (non-hydrogen) atoms. The second-order valence-electron chi connectivity index (χ2n) is 7.55. The highest BCUT2D eigenvalue weighted by atomic mass is 19.1. The number of carbonyl (C=O) groups is 1. The highest BCUT2D eigenvalue weighted by Crippen LogP contribution is 2.31. The van der Waals surface area contributed by atoms with Crippen LogP contribution in [0.4, 0.5) is 8.78 Å². The topological polar surface area (TPSA) is 82.2 Å². The van der Waals surface area contributed by atoms with E-state index < -0.39 is 17.7 Å². The number of carbonyl (C=O) groups excluding carboxylic acids is 1.